The molecule has 0 aliphatic carbocycles. The van der Waals surface area contributed by atoms with Gasteiger partial charge in [0.15, 0.2) is 0 Å². The summed E-state index contributed by atoms with van der Waals surface area (Å²) in [4.78, 5) is 10.7. The van der Waals surface area contributed by atoms with Crippen molar-refractivity contribution in [1.29, 1.82) is 0 Å². The van der Waals surface area contributed by atoms with E-state index in [1.54, 1.807) is 0 Å². The van der Waals surface area contributed by atoms with Gasteiger partial charge < -0.3 is 4.90 Å². The van der Waals surface area contributed by atoms with Crippen molar-refractivity contribution in [1.82, 2.24) is 4.90 Å². The number of nitrogens with zero attached hydrogens (tertiary/aromatic N) is 3. The summed E-state index contributed by atoms with van der Waals surface area (Å²) in [6.45, 7) is 8.35. The zero-order chi connectivity index (χ0) is 11.7. The molecule has 0 aliphatic heterocycles. The summed E-state index contributed by atoms with van der Waals surface area (Å²) in [5, 5.41) is 0. The largest absolute Gasteiger partial charge is 0.309 e. The summed E-state index contributed by atoms with van der Waals surface area (Å²) in [7, 11) is 4.14. The Bertz CT molecular complexity index is 211. The zero-order valence-corrected chi connectivity index (χ0v) is 10.9. The second-order valence-corrected chi connectivity index (χ2v) is 4.45. The normalized spacial score (nSPS) is 11.3. The lowest BCUT2D eigenvalue weighted by Gasteiger charge is -2.18. The van der Waals surface area contributed by atoms with Gasteiger partial charge in [-0.2, -0.15) is 0 Å². The standard InChI is InChI=1S/C12H25N3/c1-6-12(3,7-2)14-11-13-9-8-10-15(4)5/h6-10H2,1-5H3. The molecule has 0 amide bonds. The van der Waals surface area contributed by atoms with Crippen LogP contribution in [0.15, 0.2) is 9.98 Å². The smallest absolute Gasteiger partial charge is 0.0898 e. The van der Waals surface area contributed by atoms with Crippen LogP contribution in [0, 0.1) is 0 Å². The Morgan fingerprint density at radius 2 is 1.80 bits per heavy atom. The van der Waals surface area contributed by atoms with E-state index in [4.69, 9.17) is 0 Å². The van der Waals surface area contributed by atoms with Crippen LogP contribution in [-0.4, -0.2) is 43.6 Å². The topological polar surface area (TPSA) is 28.0 Å². The Morgan fingerprint density at radius 1 is 1.20 bits per heavy atom. The molecule has 0 saturated heterocycles. The highest BCUT2D eigenvalue weighted by Gasteiger charge is 2.16. The molecule has 15 heavy (non-hydrogen) atoms. The Balaban J connectivity index is 3.89. The Labute approximate surface area is 94.3 Å². The van der Waals surface area contributed by atoms with Gasteiger partial charge in [0.05, 0.1) is 18.1 Å². The molecule has 0 fully saturated rings. The van der Waals surface area contributed by atoms with Gasteiger partial charge in [0, 0.05) is 0 Å². The fourth-order valence-corrected chi connectivity index (χ4v) is 1.08. The van der Waals surface area contributed by atoms with Crippen molar-refractivity contribution in [2.24, 2.45) is 9.98 Å². The number of hydrogen-bond acceptors (Lipinski definition) is 3. The quantitative estimate of drug-likeness (QED) is 0.470. The summed E-state index contributed by atoms with van der Waals surface area (Å²) in [5.74, 6) is 0. The fraction of sp³-hybridized carbons (Fsp3) is 0.917. The van der Waals surface area contributed by atoms with E-state index in [2.05, 4.69) is 55.8 Å². The van der Waals surface area contributed by atoms with Crippen LogP contribution in [0.5, 0.6) is 0 Å². The van der Waals surface area contributed by atoms with Gasteiger partial charge in [0.2, 0.25) is 0 Å². The van der Waals surface area contributed by atoms with Crippen LogP contribution in [0.3, 0.4) is 0 Å². The van der Waals surface area contributed by atoms with Gasteiger partial charge in [-0.15, -0.1) is 0 Å². The third kappa shape index (κ3) is 7.29. The molecule has 0 spiro atoms. The first kappa shape index (κ1) is 14.3. The Morgan fingerprint density at radius 3 is 2.27 bits per heavy atom. The van der Waals surface area contributed by atoms with E-state index in [0.29, 0.717) is 0 Å². The molecule has 3 nitrogen and oxygen atoms in total. The lowest BCUT2D eigenvalue weighted by Crippen LogP contribution is -2.18. The molecule has 0 aromatic rings. The molecule has 0 saturated carbocycles. The highest BCUT2D eigenvalue weighted by atomic mass is 15.0. The van der Waals surface area contributed by atoms with E-state index in [1.165, 1.54) is 0 Å². The second-order valence-electron chi connectivity index (χ2n) is 4.45. The molecule has 0 radical (unpaired) electrons. The minimum atomic E-state index is 0.0328. The summed E-state index contributed by atoms with van der Waals surface area (Å²) in [6, 6.07) is 2.83. The van der Waals surface area contributed by atoms with Gasteiger partial charge in [0.1, 0.15) is 0 Å². The second kappa shape index (κ2) is 7.61. The van der Waals surface area contributed by atoms with Crippen LogP contribution in [0.1, 0.15) is 40.0 Å². The number of rotatable bonds is 7. The maximum atomic E-state index is 4.38. The molecule has 0 N–H and O–H groups in total. The third-order valence-corrected chi connectivity index (χ3v) is 2.79. The van der Waals surface area contributed by atoms with Crippen LogP contribution in [0.25, 0.3) is 0 Å². The van der Waals surface area contributed by atoms with E-state index in [9.17, 15) is 0 Å². The van der Waals surface area contributed by atoms with Crippen LogP contribution in [0.2, 0.25) is 0 Å². The average Bonchev–Trinajstić information content (AvgIpc) is 2.22. The van der Waals surface area contributed by atoms with Gasteiger partial charge in [-0.3, -0.25) is 0 Å². The monoisotopic (exact) mass is 211 g/mol. The van der Waals surface area contributed by atoms with Crippen LogP contribution in [-0.2, 0) is 0 Å². The number of hydrogen-bond donors (Lipinski definition) is 0. The van der Waals surface area contributed by atoms with Gasteiger partial charge >= 0.3 is 0 Å². The molecule has 3 heteroatoms. The molecule has 0 unspecified atom stereocenters. The van der Waals surface area contributed by atoms with Gasteiger partial charge in [-0.25, -0.2) is 9.98 Å². The molecule has 0 aromatic heterocycles. The summed E-state index contributed by atoms with van der Waals surface area (Å²) in [5.41, 5.74) is 0.0328. The predicted octanol–water partition coefficient (Wildman–Crippen LogP) is 2.69. The van der Waals surface area contributed by atoms with Crippen molar-refractivity contribution in [2.75, 3.05) is 27.2 Å². The van der Waals surface area contributed by atoms with Crippen molar-refractivity contribution in [2.45, 2.75) is 45.6 Å². The van der Waals surface area contributed by atoms with Crippen molar-refractivity contribution < 1.29 is 0 Å². The highest BCUT2D eigenvalue weighted by Crippen LogP contribution is 2.17. The van der Waals surface area contributed by atoms with Gasteiger partial charge in [-0.05, 0) is 46.8 Å². The summed E-state index contributed by atoms with van der Waals surface area (Å²) >= 11 is 0. The molecule has 0 atom stereocenters. The van der Waals surface area contributed by atoms with E-state index in [-0.39, 0.29) is 5.54 Å². The molecule has 0 rings (SSSR count). The molecular formula is C12H25N3. The van der Waals surface area contributed by atoms with Crippen LogP contribution < -0.4 is 0 Å². The predicted molar refractivity (Wildman–Crippen MR) is 66.9 cm³/mol. The maximum absolute atomic E-state index is 4.38. The molecule has 0 aromatic carbocycles. The fourth-order valence-electron chi connectivity index (χ4n) is 1.08. The van der Waals surface area contributed by atoms with Crippen LogP contribution >= 0.6 is 0 Å². The van der Waals surface area contributed by atoms with Gasteiger partial charge in [0.25, 0.3) is 0 Å². The van der Waals surface area contributed by atoms with E-state index < -0.39 is 0 Å². The molecule has 88 valence electrons. The molecule has 0 heterocycles. The van der Waals surface area contributed by atoms with Crippen molar-refractivity contribution in [3.63, 3.8) is 0 Å². The molecule has 0 aliphatic rings. The SMILES string of the molecule is CCC(C)(CC)N=C=NCCCN(C)C. The molecule has 0 bridgehead atoms. The first-order chi connectivity index (χ1) is 7.04. The lowest BCUT2D eigenvalue weighted by molar-refractivity contribution is 0.403. The van der Waals surface area contributed by atoms with Gasteiger partial charge in [-0.1, -0.05) is 13.8 Å². The van der Waals surface area contributed by atoms with E-state index in [0.717, 1.165) is 32.4 Å². The average molecular weight is 211 g/mol. The van der Waals surface area contributed by atoms with Crippen molar-refractivity contribution >= 4 is 6.01 Å². The summed E-state index contributed by atoms with van der Waals surface area (Å²) in [6.07, 6.45) is 3.16. The van der Waals surface area contributed by atoms with Crippen molar-refractivity contribution in [3.8, 4) is 0 Å². The van der Waals surface area contributed by atoms with E-state index >= 15 is 0 Å². The minimum Gasteiger partial charge on any atom is -0.309 e. The first-order valence-corrected chi connectivity index (χ1v) is 5.82. The lowest BCUT2D eigenvalue weighted by atomic mass is 9.97. The van der Waals surface area contributed by atoms with Crippen molar-refractivity contribution in [3.05, 3.63) is 0 Å². The Kier molecular flexibility index (Phi) is 7.27. The third-order valence-electron chi connectivity index (χ3n) is 2.79. The zero-order valence-electron chi connectivity index (χ0n) is 10.9. The summed E-state index contributed by atoms with van der Waals surface area (Å²) < 4.78 is 0. The maximum Gasteiger partial charge on any atom is 0.0898 e. The van der Waals surface area contributed by atoms with E-state index in [1.807, 2.05) is 0 Å². The minimum absolute atomic E-state index is 0.0328. The first-order valence-electron chi connectivity index (χ1n) is 5.82. The van der Waals surface area contributed by atoms with Crippen LogP contribution in [0.4, 0.5) is 0 Å². The number of aliphatic imine (C=N–C) groups is 2. The Hall–Kier alpha value is -0.660. The molecular weight excluding hydrogens is 186 g/mol. The highest BCUT2D eigenvalue weighted by molar-refractivity contribution is 5.42.